The molecule has 3 N–H and O–H groups in total. The molecule has 0 atom stereocenters. The van der Waals surface area contributed by atoms with Gasteiger partial charge in [0.2, 0.25) is 5.91 Å². The summed E-state index contributed by atoms with van der Waals surface area (Å²) in [7, 11) is 0. The van der Waals surface area contributed by atoms with Crippen molar-refractivity contribution >= 4 is 23.3 Å². The van der Waals surface area contributed by atoms with E-state index in [4.69, 9.17) is 5.73 Å². The maximum Gasteiger partial charge on any atom is 0.261 e. The van der Waals surface area contributed by atoms with Crippen molar-refractivity contribution in [3.05, 3.63) is 24.4 Å². The Morgan fingerprint density at radius 2 is 2.17 bits per heavy atom. The molecule has 18 heavy (non-hydrogen) atoms. The summed E-state index contributed by atoms with van der Waals surface area (Å²) in [4.78, 5) is 23.6. The van der Waals surface area contributed by atoms with E-state index in [1.54, 1.807) is 23.8 Å². The standard InChI is InChI=1S/C13H17N3O2/c1-8(2)16-7-6-10(11(16)14)13(18)15-12(17)9-4-3-5-9/h6-7,9H,1,3-5,14H2,2H3,(H,15,17,18). The van der Waals surface area contributed by atoms with Gasteiger partial charge in [0, 0.05) is 17.8 Å². The number of amides is 2. The van der Waals surface area contributed by atoms with Crippen LogP contribution in [0.5, 0.6) is 0 Å². The summed E-state index contributed by atoms with van der Waals surface area (Å²) in [6, 6.07) is 1.59. The number of hydrogen-bond donors (Lipinski definition) is 2. The third-order valence-electron chi connectivity index (χ3n) is 3.29. The van der Waals surface area contributed by atoms with Crippen molar-refractivity contribution in [2.24, 2.45) is 5.92 Å². The van der Waals surface area contributed by atoms with Crippen LogP contribution in [0.1, 0.15) is 36.5 Å². The van der Waals surface area contributed by atoms with Crippen LogP contribution in [-0.2, 0) is 4.79 Å². The summed E-state index contributed by atoms with van der Waals surface area (Å²) < 4.78 is 1.61. The SMILES string of the molecule is C=C(C)n1ccc(C(=O)NC(=O)C2CCC2)c1N. The molecule has 0 aliphatic heterocycles. The Kier molecular flexibility index (Phi) is 3.23. The zero-order valence-electron chi connectivity index (χ0n) is 10.4. The topological polar surface area (TPSA) is 77.1 Å². The first-order chi connectivity index (χ1) is 8.50. The summed E-state index contributed by atoms with van der Waals surface area (Å²) in [5.41, 5.74) is 6.86. The van der Waals surface area contributed by atoms with Crippen LogP contribution in [-0.4, -0.2) is 16.4 Å². The number of nitrogens with zero attached hydrogens (tertiary/aromatic N) is 1. The highest BCUT2D eigenvalue weighted by atomic mass is 16.2. The fraction of sp³-hybridized carbons (Fsp3) is 0.385. The maximum absolute atomic E-state index is 11.9. The van der Waals surface area contributed by atoms with Crippen LogP contribution < -0.4 is 11.1 Å². The van der Waals surface area contributed by atoms with Gasteiger partial charge in [0.15, 0.2) is 0 Å². The first kappa shape index (κ1) is 12.4. The fourth-order valence-electron chi connectivity index (χ4n) is 1.92. The Bertz CT molecular complexity index is 512. The van der Waals surface area contributed by atoms with Gasteiger partial charge in [0.05, 0.1) is 5.56 Å². The Labute approximate surface area is 106 Å². The quantitative estimate of drug-likeness (QED) is 0.797. The summed E-state index contributed by atoms with van der Waals surface area (Å²) >= 11 is 0. The van der Waals surface area contributed by atoms with Gasteiger partial charge >= 0.3 is 0 Å². The van der Waals surface area contributed by atoms with Crippen LogP contribution >= 0.6 is 0 Å². The van der Waals surface area contributed by atoms with E-state index in [9.17, 15) is 9.59 Å². The largest absolute Gasteiger partial charge is 0.384 e. The molecule has 0 radical (unpaired) electrons. The molecule has 1 aromatic rings. The van der Waals surface area contributed by atoms with E-state index < -0.39 is 5.91 Å². The average molecular weight is 247 g/mol. The molecule has 0 unspecified atom stereocenters. The van der Waals surface area contributed by atoms with Crippen molar-refractivity contribution < 1.29 is 9.59 Å². The molecule has 2 rings (SSSR count). The maximum atomic E-state index is 11.9. The Balaban J connectivity index is 2.09. The number of hydrogen-bond acceptors (Lipinski definition) is 3. The van der Waals surface area contributed by atoms with Gasteiger partial charge < -0.3 is 10.3 Å². The van der Waals surface area contributed by atoms with Gasteiger partial charge in [-0.2, -0.15) is 0 Å². The van der Waals surface area contributed by atoms with Crippen molar-refractivity contribution in [3.63, 3.8) is 0 Å². The van der Waals surface area contributed by atoms with E-state index in [1.807, 2.05) is 0 Å². The zero-order chi connectivity index (χ0) is 13.3. The smallest absolute Gasteiger partial charge is 0.261 e. The van der Waals surface area contributed by atoms with Crippen molar-refractivity contribution in [3.8, 4) is 0 Å². The number of rotatable bonds is 3. The molecule has 0 aromatic carbocycles. The molecule has 1 aromatic heterocycles. The molecule has 0 saturated heterocycles. The fourth-order valence-corrected chi connectivity index (χ4v) is 1.92. The molecule has 2 amide bonds. The summed E-state index contributed by atoms with van der Waals surface area (Å²) in [5.74, 6) is -0.349. The number of anilines is 1. The molecular weight excluding hydrogens is 230 g/mol. The Morgan fingerprint density at radius 1 is 1.50 bits per heavy atom. The Hall–Kier alpha value is -2.04. The van der Waals surface area contributed by atoms with Crippen molar-refractivity contribution in [2.75, 3.05) is 5.73 Å². The lowest BCUT2D eigenvalue weighted by Gasteiger charge is -2.23. The van der Waals surface area contributed by atoms with E-state index in [0.29, 0.717) is 11.4 Å². The van der Waals surface area contributed by atoms with Crippen molar-refractivity contribution in [1.82, 2.24) is 9.88 Å². The van der Waals surface area contributed by atoms with Gasteiger partial charge in [-0.25, -0.2) is 0 Å². The number of imide groups is 1. The van der Waals surface area contributed by atoms with Gasteiger partial charge in [0.25, 0.3) is 5.91 Å². The zero-order valence-corrected chi connectivity index (χ0v) is 10.4. The molecule has 96 valence electrons. The van der Waals surface area contributed by atoms with Crippen molar-refractivity contribution in [1.29, 1.82) is 0 Å². The predicted octanol–water partition coefficient (Wildman–Crippen LogP) is 1.62. The second kappa shape index (κ2) is 4.68. The molecule has 5 nitrogen and oxygen atoms in total. The van der Waals surface area contributed by atoms with Crippen LogP contribution in [0.2, 0.25) is 0 Å². The van der Waals surface area contributed by atoms with Crippen LogP contribution in [0.4, 0.5) is 5.82 Å². The van der Waals surface area contributed by atoms with E-state index >= 15 is 0 Å². The number of nitrogens with two attached hydrogens (primary N) is 1. The summed E-state index contributed by atoms with van der Waals surface area (Å²) in [5, 5.41) is 2.39. The van der Waals surface area contributed by atoms with Crippen molar-refractivity contribution in [2.45, 2.75) is 26.2 Å². The van der Waals surface area contributed by atoms with Crippen LogP contribution in [0.25, 0.3) is 5.70 Å². The third-order valence-corrected chi connectivity index (χ3v) is 3.29. The lowest BCUT2D eigenvalue weighted by atomic mass is 9.85. The molecule has 1 aliphatic rings. The van der Waals surface area contributed by atoms with Gasteiger partial charge in [-0.05, 0) is 25.8 Å². The third kappa shape index (κ3) is 2.16. The minimum atomic E-state index is -0.440. The van der Waals surface area contributed by atoms with Crippen LogP contribution in [0.15, 0.2) is 18.8 Å². The first-order valence-electron chi connectivity index (χ1n) is 5.98. The van der Waals surface area contributed by atoms with E-state index in [0.717, 1.165) is 25.0 Å². The summed E-state index contributed by atoms with van der Waals surface area (Å²) in [6.45, 7) is 5.54. The van der Waals surface area contributed by atoms with E-state index in [-0.39, 0.29) is 11.8 Å². The number of carbonyl (C=O) groups excluding carboxylic acids is 2. The van der Waals surface area contributed by atoms with Gasteiger partial charge in [0.1, 0.15) is 5.82 Å². The van der Waals surface area contributed by atoms with Crippen LogP contribution in [0, 0.1) is 5.92 Å². The molecule has 0 spiro atoms. The lowest BCUT2D eigenvalue weighted by molar-refractivity contribution is -0.126. The molecule has 5 heteroatoms. The highest BCUT2D eigenvalue weighted by Crippen LogP contribution is 2.26. The highest BCUT2D eigenvalue weighted by Gasteiger charge is 2.27. The second-order valence-electron chi connectivity index (χ2n) is 4.67. The molecule has 1 heterocycles. The number of carbonyl (C=O) groups is 2. The van der Waals surface area contributed by atoms with Gasteiger partial charge in [-0.1, -0.05) is 13.0 Å². The van der Waals surface area contributed by atoms with E-state index in [1.165, 1.54) is 0 Å². The average Bonchev–Trinajstić information content (AvgIpc) is 2.56. The van der Waals surface area contributed by atoms with Gasteiger partial charge in [-0.15, -0.1) is 0 Å². The predicted molar refractivity (Wildman–Crippen MR) is 69.7 cm³/mol. The lowest BCUT2D eigenvalue weighted by Crippen LogP contribution is -2.38. The molecule has 0 bridgehead atoms. The number of nitrogen functional groups attached to an aromatic ring is 1. The summed E-state index contributed by atoms with van der Waals surface area (Å²) in [6.07, 6.45) is 4.45. The number of aromatic nitrogens is 1. The minimum Gasteiger partial charge on any atom is -0.384 e. The number of nitrogens with one attached hydrogen (secondary N) is 1. The number of allylic oxidation sites excluding steroid dienone is 1. The highest BCUT2D eigenvalue weighted by molar-refractivity contribution is 6.08. The second-order valence-corrected chi connectivity index (χ2v) is 4.67. The monoisotopic (exact) mass is 247 g/mol. The molecule has 1 aliphatic carbocycles. The molecular formula is C13H17N3O2. The molecule has 1 fully saturated rings. The van der Waals surface area contributed by atoms with E-state index in [2.05, 4.69) is 11.9 Å². The molecule has 1 saturated carbocycles. The van der Waals surface area contributed by atoms with Crippen LogP contribution in [0.3, 0.4) is 0 Å². The van der Waals surface area contributed by atoms with Gasteiger partial charge in [-0.3, -0.25) is 14.9 Å². The first-order valence-corrected chi connectivity index (χ1v) is 5.98. The minimum absolute atomic E-state index is 0.0154. The Morgan fingerprint density at radius 3 is 2.61 bits per heavy atom. The normalized spacial score (nSPS) is 14.9.